The maximum absolute atomic E-state index is 10.9. The van der Waals surface area contributed by atoms with Crippen LogP contribution in [0, 0.1) is 30.1 Å². The van der Waals surface area contributed by atoms with Gasteiger partial charge in [-0.2, -0.15) is 0 Å². The number of nitrogens with one attached hydrogen (secondary N) is 1. The van der Waals surface area contributed by atoms with E-state index in [0.717, 1.165) is 25.3 Å². The average Bonchev–Trinajstić information content (AvgIpc) is 2.65. The summed E-state index contributed by atoms with van der Waals surface area (Å²) in [5.74, 6) is 2.58. The Morgan fingerprint density at radius 3 is 2.45 bits per heavy atom. The van der Waals surface area contributed by atoms with Crippen LogP contribution in [-0.2, 0) is 5.41 Å². The van der Waals surface area contributed by atoms with Crippen LogP contribution in [0.5, 0.6) is 5.75 Å². The van der Waals surface area contributed by atoms with Crippen molar-refractivity contribution >= 4 is 0 Å². The van der Waals surface area contributed by atoms with Crippen LogP contribution in [0.15, 0.2) is 18.2 Å². The van der Waals surface area contributed by atoms with E-state index in [9.17, 15) is 5.11 Å². The molecule has 0 spiro atoms. The number of phenols is 1. The van der Waals surface area contributed by atoms with E-state index in [1.807, 2.05) is 12.1 Å². The van der Waals surface area contributed by atoms with E-state index in [1.165, 1.54) is 36.8 Å². The first kappa shape index (κ1) is 24.3. The third-order valence-corrected chi connectivity index (χ3v) is 8.28. The van der Waals surface area contributed by atoms with Crippen LogP contribution in [0.25, 0.3) is 0 Å². The fourth-order valence-corrected chi connectivity index (χ4v) is 5.91. The van der Waals surface area contributed by atoms with Crippen molar-refractivity contribution in [2.75, 3.05) is 6.54 Å². The maximum atomic E-state index is 10.9. The first-order chi connectivity index (χ1) is 13.6. The molecule has 1 aromatic rings. The number of aromatic hydroxyl groups is 1. The van der Waals surface area contributed by atoms with Crippen LogP contribution >= 0.6 is 0 Å². The van der Waals surface area contributed by atoms with Gasteiger partial charge in [0.05, 0.1) is 0 Å². The molecule has 4 unspecified atom stereocenters. The third-order valence-electron chi connectivity index (χ3n) is 8.28. The topological polar surface area (TPSA) is 32.3 Å². The summed E-state index contributed by atoms with van der Waals surface area (Å²) in [6.45, 7) is 20.0. The van der Waals surface area contributed by atoms with Crippen molar-refractivity contribution in [3.8, 4) is 5.75 Å². The standard InChI is InChI=1S/C27H47NO/c1-9-22-18-27(10-2,25-19(3)12-11-13-24(25)29)16-17-28-20(4)14-15-23(22)21(5)26(6,7)8/h11-13,20-23,28-29H,9-10,14-18H2,1-8H3/t20?,21-,22?,23?,27?/m1/s1. The van der Waals surface area contributed by atoms with Crippen molar-refractivity contribution in [1.29, 1.82) is 0 Å². The summed E-state index contributed by atoms with van der Waals surface area (Å²) in [6, 6.07) is 6.61. The highest BCUT2D eigenvalue weighted by Crippen LogP contribution is 2.49. The zero-order chi connectivity index (χ0) is 21.8. The predicted molar refractivity (Wildman–Crippen MR) is 127 cm³/mol. The average molecular weight is 402 g/mol. The summed E-state index contributed by atoms with van der Waals surface area (Å²) < 4.78 is 0. The molecule has 2 nitrogen and oxygen atoms in total. The molecule has 1 heterocycles. The van der Waals surface area contributed by atoms with Crippen molar-refractivity contribution in [2.45, 2.75) is 105 Å². The number of hydrogen-bond acceptors (Lipinski definition) is 2. The second-order valence-corrected chi connectivity index (χ2v) is 11.0. The molecular formula is C27H47NO. The number of hydrogen-bond donors (Lipinski definition) is 2. The normalized spacial score (nSPS) is 30.7. The van der Waals surface area contributed by atoms with Gasteiger partial charge in [-0.1, -0.05) is 60.1 Å². The minimum Gasteiger partial charge on any atom is -0.508 e. The summed E-state index contributed by atoms with van der Waals surface area (Å²) in [6.07, 6.45) is 7.13. The monoisotopic (exact) mass is 401 g/mol. The SMILES string of the molecule is CCC1CC(CC)(c2c(C)cccc2O)CCNC(C)CCC1[C@@H](C)C(C)(C)C. The fourth-order valence-electron chi connectivity index (χ4n) is 5.91. The highest BCUT2D eigenvalue weighted by Gasteiger charge is 2.41. The first-order valence-electron chi connectivity index (χ1n) is 12.1. The van der Waals surface area contributed by atoms with Gasteiger partial charge in [-0.25, -0.2) is 0 Å². The van der Waals surface area contributed by atoms with Gasteiger partial charge in [0.15, 0.2) is 0 Å². The van der Waals surface area contributed by atoms with Gasteiger partial charge in [0.1, 0.15) is 5.75 Å². The summed E-state index contributed by atoms with van der Waals surface area (Å²) >= 11 is 0. The van der Waals surface area contributed by atoms with Crippen LogP contribution in [0.4, 0.5) is 0 Å². The van der Waals surface area contributed by atoms with Gasteiger partial charge in [-0.15, -0.1) is 0 Å². The largest absolute Gasteiger partial charge is 0.508 e. The second-order valence-electron chi connectivity index (χ2n) is 11.0. The van der Waals surface area contributed by atoms with E-state index in [-0.39, 0.29) is 5.41 Å². The lowest BCUT2D eigenvalue weighted by Crippen LogP contribution is -2.41. The Bertz CT molecular complexity index is 626. The van der Waals surface area contributed by atoms with Gasteiger partial charge in [-0.3, -0.25) is 0 Å². The minimum absolute atomic E-state index is 0.0377. The molecule has 0 aliphatic carbocycles. The molecule has 29 heavy (non-hydrogen) atoms. The van der Waals surface area contributed by atoms with Gasteiger partial charge >= 0.3 is 0 Å². The van der Waals surface area contributed by atoms with E-state index in [2.05, 4.69) is 66.8 Å². The molecule has 0 aromatic heterocycles. The molecule has 1 fully saturated rings. The maximum Gasteiger partial charge on any atom is 0.119 e. The zero-order valence-electron chi connectivity index (χ0n) is 20.4. The number of aryl methyl sites for hydroxylation is 1. The first-order valence-corrected chi connectivity index (χ1v) is 12.1. The molecule has 166 valence electrons. The van der Waals surface area contributed by atoms with E-state index < -0.39 is 0 Å². The van der Waals surface area contributed by atoms with Crippen molar-refractivity contribution in [3.63, 3.8) is 0 Å². The highest BCUT2D eigenvalue weighted by atomic mass is 16.3. The Hall–Kier alpha value is -1.02. The van der Waals surface area contributed by atoms with E-state index in [1.54, 1.807) is 0 Å². The molecule has 1 aliphatic rings. The van der Waals surface area contributed by atoms with Gasteiger partial charge in [-0.05, 0) is 87.3 Å². The lowest BCUT2D eigenvalue weighted by Gasteiger charge is -2.45. The van der Waals surface area contributed by atoms with Crippen LogP contribution in [0.1, 0.15) is 98.1 Å². The van der Waals surface area contributed by atoms with Gasteiger partial charge < -0.3 is 10.4 Å². The summed E-state index contributed by atoms with van der Waals surface area (Å²) in [4.78, 5) is 0. The van der Waals surface area contributed by atoms with Gasteiger partial charge in [0, 0.05) is 17.0 Å². The van der Waals surface area contributed by atoms with Crippen LogP contribution in [0.3, 0.4) is 0 Å². The third kappa shape index (κ3) is 5.57. The van der Waals surface area contributed by atoms with Gasteiger partial charge in [0.2, 0.25) is 0 Å². The Morgan fingerprint density at radius 1 is 1.21 bits per heavy atom. The van der Waals surface area contributed by atoms with Crippen LogP contribution in [-0.4, -0.2) is 17.7 Å². The Morgan fingerprint density at radius 2 is 1.90 bits per heavy atom. The van der Waals surface area contributed by atoms with Crippen LogP contribution < -0.4 is 5.32 Å². The zero-order valence-corrected chi connectivity index (χ0v) is 20.4. The van der Waals surface area contributed by atoms with Crippen molar-refractivity contribution in [1.82, 2.24) is 5.32 Å². The Kier molecular flexibility index (Phi) is 8.24. The van der Waals surface area contributed by atoms with Crippen molar-refractivity contribution in [2.24, 2.45) is 23.2 Å². The highest BCUT2D eigenvalue weighted by molar-refractivity contribution is 5.44. The number of benzene rings is 1. The van der Waals surface area contributed by atoms with Crippen LogP contribution in [0.2, 0.25) is 0 Å². The molecule has 0 bridgehead atoms. The Labute approximate surface area is 180 Å². The number of rotatable bonds is 4. The molecular weight excluding hydrogens is 354 g/mol. The lowest BCUT2D eigenvalue weighted by molar-refractivity contribution is 0.0835. The molecule has 5 atom stereocenters. The quantitative estimate of drug-likeness (QED) is 0.558. The minimum atomic E-state index is 0.0377. The number of phenolic OH excluding ortho intramolecular Hbond substituents is 1. The molecule has 0 amide bonds. The summed E-state index contributed by atoms with van der Waals surface area (Å²) in [5, 5.41) is 14.7. The molecule has 2 N–H and O–H groups in total. The summed E-state index contributed by atoms with van der Waals surface area (Å²) in [5.41, 5.74) is 2.81. The Balaban J connectivity index is 2.54. The van der Waals surface area contributed by atoms with E-state index >= 15 is 0 Å². The van der Waals surface area contributed by atoms with Gasteiger partial charge in [0.25, 0.3) is 0 Å². The molecule has 2 heteroatoms. The van der Waals surface area contributed by atoms with Crippen molar-refractivity contribution in [3.05, 3.63) is 29.3 Å². The van der Waals surface area contributed by atoms with E-state index in [4.69, 9.17) is 0 Å². The molecule has 0 radical (unpaired) electrons. The summed E-state index contributed by atoms with van der Waals surface area (Å²) in [7, 11) is 0. The predicted octanol–water partition coefficient (Wildman–Crippen LogP) is 7.23. The molecule has 1 aliphatic heterocycles. The lowest BCUT2D eigenvalue weighted by atomic mass is 9.60. The fraction of sp³-hybridized carbons (Fsp3) is 0.778. The van der Waals surface area contributed by atoms with E-state index in [0.29, 0.717) is 29.0 Å². The molecule has 0 saturated carbocycles. The second kappa shape index (κ2) is 9.86. The molecule has 1 aromatic carbocycles. The molecule has 2 rings (SSSR count). The molecule has 1 saturated heterocycles. The van der Waals surface area contributed by atoms with Crippen molar-refractivity contribution < 1.29 is 5.11 Å². The smallest absolute Gasteiger partial charge is 0.119 e.